The number of para-hydroxylation sites is 1. The molecule has 1 aromatic carbocycles. The van der Waals surface area contributed by atoms with E-state index in [1.54, 1.807) is 0 Å². The summed E-state index contributed by atoms with van der Waals surface area (Å²) in [5, 5.41) is 10.7. The van der Waals surface area contributed by atoms with Gasteiger partial charge in [-0.25, -0.2) is 0 Å². The second-order valence-corrected chi connectivity index (χ2v) is 6.10. The van der Waals surface area contributed by atoms with Crippen LogP contribution in [0.2, 0.25) is 0 Å². The van der Waals surface area contributed by atoms with Crippen LogP contribution in [0.15, 0.2) is 24.3 Å². The molecular formula is C16H22N2O. The zero-order chi connectivity index (χ0) is 13.5. The molecule has 19 heavy (non-hydrogen) atoms. The Kier molecular flexibility index (Phi) is 3.11. The molecule has 3 rings (SSSR count). The van der Waals surface area contributed by atoms with Gasteiger partial charge in [-0.2, -0.15) is 0 Å². The molecule has 2 aromatic rings. The summed E-state index contributed by atoms with van der Waals surface area (Å²) >= 11 is 0. The number of nitrogens with zero attached hydrogens (tertiary/aromatic N) is 1. The predicted octanol–water partition coefficient (Wildman–Crippen LogP) is 2.68. The maximum absolute atomic E-state index is 9.43. The molecule has 0 bridgehead atoms. The van der Waals surface area contributed by atoms with Crippen LogP contribution in [0.3, 0.4) is 0 Å². The highest BCUT2D eigenvalue weighted by atomic mass is 16.3. The molecule has 3 nitrogen and oxygen atoms in total. The summed E-state index contributed by atoms with van der Waals surface area (Å²) in [5.41, 5.74) is 4.04. The lowest BCUT2D eigenvalue weighted by Gasteiger charge is -2.22. The van der Waals surface area contributed by atoms with Crippen LogP contribution >= 0.6 is 0 Å². The van der Waals surface area contributed by atoms with Gasteiger partial charge in [0.15, 0.2) is 0 Å². The van der Waals surface area contributed by atoms with Gasteiger partial charge in [0.25, 0.3) is 0 Å². The Hall–Kier alpha value is -1.32. The van der Waals surface area contributed by atoms with E-state index in [1.165, 1.54) is 35.0 Å². The molecule has 0 unspecified atom stereocenters. The van der Waals surface area contributed by atoms with Gasteiger partial charge in [-0.1, -0.05) is 18.2 Å². The normalized spacial score (nSPS) is 17.3. The minimum atomic E-state index is 0.189. The van der Waals surface area contributed by atoms with E-state index >= 15 is 0 Å². The quantitative estimate of drug-likeness (QED) is 0.865. The lowest BCUT2D eigenvalue weighted by Crippen LogP contribution is -2.28. The number of fused-ring (bicyclic) bond motifs is 1. The van der Waals surface area contributed by atoms with Crippen molar-refractivity contribution in [3.05, 3.63) is 35.5 Å². The highest BCUT2D eigenvalue weighted by Gasteiger charge is 2.42. The van der Waals surface area contributed by atoms with Gasteiger partial charge >= 0.3 is 0 Å². The first kappa shape index (κ1) is 12.7. The molecule has 0 spiro atoms. The van der Waals surface area contributed by atoms with Crippen molar-refractivity contribution >= 4 is 10.9 Å². The number of aromatic nitrogens is 1. The Morgan fingerprint density at radius 3 is 2.74 bits per heavy atom. The molecule has 1 fully saturated rings. The van der Waals surface area contributed by atoms with E-state index in [0.717, 1.165) is 13.1 Å². The third-order valence-corrected chi connectivity index (χ3v) is 4.35. The number of rotatable bonds is 5. The fourth-order valence-electron chi connectivity index (χ4n) is 2.98. The summed E-state index contributed by atoms with van der Waals surface area (Å²) in [5.74, 6) is 0. The second-order valence-electron chi connectivity index (χ2n) is 6.10. The number of aliphatic hydroxyl groups excluding tert-OH is 1. The molecule has 0 atom stereocenters. The lowest BCUT2D eigenvalue weighted by molar-refractivity contribution is 0.161. The molecule has 1 saturated carbocycles. The average molecular weight is 258 g/mol. The van der Waals surface area contributed by atoms with E-state index in [0.29, 0.717) is 6.61 Å². The number of H-pyrrole nitrogens is 1. The zero-order valence-electron chi connectivity index (χ0n) is 11.7. The predicted molar refractivity (Wildman–Crippen MR) is 78.1 cm³/mol. The first-order valence-corrected chi connectivity index (χ1v) is 6.99. The number of aryl methyl sites for hydroxylation is 1. The average Bonchev–Trinajstić information content (AvgIpc) is 3.10. The summed E-state index contributed by atoms with van der Waals surface area (Å²) in [7, 11) is 2.15. The Balaban J connectivity index is 1.79. The van der Waals surface area contributed by atoms with Crippen molar-refractivity contribution in [1.82, 2.24) is 9.88 Å². The van der Waals surface area contributed by atoms with Crippen LogP contribution in [0.1, 0.15) is 24.1 Å². The number of nitrogens with one attached hydrogen (secondary N) is 1. The standard InChI is InChI=1S/C16H22N2O/c1-12-14(13-5-3-4-6-15(13)17-12)9-18(2)10-16(11-19)7-8-16/h3-6,17,19H,7-11H2,1-2H3. The van der Waals surface area contributed by atoms with Gasteiger partial charge in [0.1, 0.15) is 0 Å². The second kappa shape index (κ2) is 4.66. The number of aliphatic hydroxyl groups is 1. The number of hydrogen-bond acceptors (Lipinski definition) is 2. The van der Waals surface area contributed by atoms with E-state index < -0.39 is 0 Å². The van der Waals surface area contributed by atoms with E-state index in [2.05, 4.69) is 48.1 Å². The van der Waals surface area contributed by atoms with Crippen LogP contribution in [0, 0.1) is 12.3 Å². The molecule has 2 N–H and O–H groups in total. The van der Waals surface area contributed by atoms with Crippen LogP contribution in [0.4, 0.5) is 0 Å². The number of aromatic amines is 1. The topological polar surface area (TPSA) is 39.3 Å². The fourth-order valence-corrected chi connectivity index (χ4v) is 2.98. The van der Waals surface area contributed by atoms with Crippen molar-refractivity contribution in [2.45, 2.75) is 26.3 Å². The lowest BCUT2D eigenvalue weighted by atomic mass is 10.1. The minimum Gasteiger partial charge on any atom is -0.396 e. The zero-order valence-corrected chi connectivity index (χ0v) is 11.7. The molecule has 0 aliphatic heterocycles. The molecular weight excluding hydrogens is 236 g/mol. The van der Waals surface area contributed by atoms with E-state index in [-0.39, 0.29) is 5.41 Å². The van der Waals surface area contributed by atoms with Crippen LogP contribution in [0.5, 0.6) is 0 Å². The van der Waals surface area contributed by atoms with Gasteiger partial charge in [-0.3, -0.25) is 0 Å². The van der Waals surface area contributed by atoms with Gasteiger partial charge in [-0.15, -0.1) is 0 Å². The van der Waals surface area contributed by atoms with Gasteiger partial charge in [0.2, 0.25) is 0 Å². The Morgan fingerprint density at radius 1 is 1.32 bits per heavy atom. The largest absolute Gasteiger partial charge is 0.396 e. The third-order valence-electron chi connectivity index (χ3n) is 4.35. The highest BCUT2D eigenvalue weighted by Crippen LogP contribution is 2.45. The molecule has 1 aliphatic rings. The monoisotopic (exact) mass is 258 g/mol. The van der Waals surface area contributed by atoms with Crippen molar-refractivity contribution in [3.63, 3.8) is 0 Å². The van der Waals surface area contributed by atoms with Gasteiger partial charge in [0.05, 0.1) is 0 Å². The van der Waals surface area contributed by atoms with Crippen LogP contribution < -0.4 is 0 Å². The Morgan fingerprint density at radius 2 is 2.05 bits per heavy atom. The number of benzene rings is 1. The molecule has 1 aromatic heterocycles. The van der Waals surface area contributed by atoms with Crippen LogP contribution in [-0.2, 0) is 6.54 Å². The van der Waals surface area contributed by atoms with Crippen molar-refractivity contribution in [1.29, 1.82) is 0 Å². The van der Waals surface area contributed by atoms with Gasteiger partial charge in [-0.05, 0) is 38.4 Å². The van der Waals surface area contributed by atoms with Crippen LogP contribution in [0.25, 0.3) is 10.9 Å². The first-order chi connectivity index (χ1) is 9.13. The maximum Gasteiger partial charge on any atom is 0.0499 e. The summed E-state index contributed by atoms with van der Waals surface area (Å²) < 4.78 is 0. The molecule has 3 heteroatoms. The minimum absolute atomic E-state index is 0.189. The van der Waals surface area contributed by atoms with Crippen molar-refractivity contribution in [2.75, 3.05) is 20.2 Å². The summed E-state index contributed by atoms with van der Waals surface area (Å²) in [6, 6.07) is 8.47. The van der Waals surface area contributed by atoms with E-state index in [4.69, 9.17) is 0 Å². The number of hydrogen-bond donors (Lipinski definition) is 2. The maximum atomic E-state index is 9.43. The van der Waals surface area contributed by atoms with E-state index in [1.807, 2.05) is 0 Å². The Labute approximate surface area is 114 Å². The first-order valence-electron chi connectivity index (χ1n) is 6.99. The Bertz CT molecular complexity index is 583. The fraction of sp³-hybridized carbons (Fsp3) is 0.500. The summed E-state index contributed by atoms with van der Waals surface area (Å²) in [6.07, 6.45) is 2.33. The smallest absolute Gasteiger partial charge is 0.0499 e. The molecule has 102 valence electrons. The summed E-state index contributed by atoms with van der Waals surface area (Å²) in [6.45, 7) is 4.40. The summed E-state index contributed by atoms with van der Waals surface area (Å²) in [4.78, 5) is 5.79. The molecule has 0 saturated heterocycles. The van der Waals surface area contributed by atoms with Crippen LogP contribution in [-0.4, -0.2) is 35.2 Å². The molecule has 0 amide bonds. The highest BCUT2D eigenvalue weighted by molar-refractivity contribution is 5.84. The van der Waals surface area contributed by atoms with Gasteiger partial charge < -0.3 is 15.0 Å². The van der Waals surface area contributed by atoms with Crippen molar-refractivity contribution < 1.29 is 5.11 Å². The molecule has 1 aliphatic carbocycles. The SMILES string of the molecule is Cc1[nH]c2ccccc2c1CN(C)CC1(CO)CC1. The van der Waals surface area contributed by atoms with Crippen molar-refractivity contribution in [3.8, 4) is 0 Å². The van der Waals surface area contributed by atoms with Gasteiger partial charge in [0, 0.05) is 41.7 Å². The van der Waals surface area contributed by atoms with E-state index in [9.17, 15) is 5.11 Å². The molecule has 1 heterocycles. The van der Waals surface area contributed by atoms with Crippen molar-refractivity contribution in [2.24, 2.45) is 5.41 Å². The molecule has 0 radical (unpaired) electrons. The third kappa shape index (κ3) is 2.40.